The highest BCUT2D eigenvalue weighted by Gasteiger charge is 2.12. The van der Waals surface area contributed by atoms with Gasteiger partial charge in [0.25, 0.3) is 5.91 Å². The Morgan fingerprint density at radius 1 is 1.36 bits per heavy atom. The van der Waals surface area contributed by atoms with Gasteiger partial charge in [-0.15, -0.1) is 11.3 Å². The molecule has 3 aromatic rings. The molecule has 1 amide bonds. The molecular weight excluding hydrogens is 336 g/mol. The zero-order chi connectivity index (χ0) is 17.8. The third-order valence-electron chi connectivity index (χ3n) is 3.55. The van der Waals surface area contributed by atoms with E-state index >= 15 is 0 Å². The Hall–Kier alpha value is -2.67. The lowest BCUT2D eigenvalue weighted by Gasteiger charge is -2.12. The van der Waals surface area contributed by atoms with Gasteiger partial charge in [0.2, 0.25) is 0 Å². The van der Waals surface area contributed by atoms with Gasteiger partial charge in [0.15, 0.2) is 0 Å². The van der Waals surface area contributed by atoms with E-state index < -0.39 is 0 Å². The number of ether oxygens (including phenoxy) is 1. The molecule has 0 radical (unpaired) electrons. The van der Waals surface area contributed by atoms with Crippen LogP contribution >= 0.6 is 11.3 Å². The Balaban J connectivity index is 1.67. The summed E-state index contributed by atoms with van der Waals surface area (Å²) in [5, 5.41) is 10.1. The molecule has 2 heterocycles. The van der Waals surface area contributed by atoms with Crippen LogP contribution in [0.2, 0.25) is 0 Å². The summed E-state index contributed by atoms with van der Waals surface area (Å²) in [6.45, 7) is 6.37. The van der Waals surface area contributed by atoms with Crippen molar-refractivity contribution in [2.45, 2.75) is 33.4 Å². The predicted molar refractivity (Wildman–Crippen MR) is 98.2 cm³/mol. The summed E-state index contributed by atoms with van der Waals surface area (Å²) < 4.78 is 7.51. The SMILES string of the molecule is Cc1nc(COc2cccc(C(=O)Nc3ccnn3C(C)C)c2)cs1. The second-order valence-electron chi connectivity index (χ2n) is 5.88. The number of hydrogen-bond donors (Lipinski definition) is 1. The highest BCUT2D eigenvalue weighted by Crippen LogP contribution is 2.18. The number of nitrogens with zero attached hydrogens (tertiary/aromatic N) is 3. The second kappa shape index (κ2) is 7.48. The van der Waals surface area contributed by atoms with E-state index in [1.54, 1.807) is 46.5 Å². The van der Waals surface area contributed by atoms with Crippen molar-refractivity contribution >= 4 is 23.1 Å². The van der Waals surface area contributed by atoms with Crippen LogP contribution in [0.25, 0.3) is 0 Å². The Morgan fingerprint density at radius 3 is 2.92 bits per heavy atom. The van der Waals surface area contributed by atoms with E-state index in [9.17, 15) is 4.79 Å². The first-order valence-corrected chi connectivity index (χ1v) is 8.89. The lowest BCUT2D eigenvalue weighted by atomic mass is 10.2. The topological polar surface area (TPSA) is 69.0 Å². The zero-order valence-corrected chi connectivity index (χ0v) is 15.2. The van der Waals surface area contributed by atoms with Gasteiger partial charge in [-0.3, -0.25) is 4.79 Å². The summed E-state index contributed by atoms with van der Waals surface area (Å²) in [5.74, 6) is 1.11. The van der Waals surface area contributed by atoms with Crippen molar-refractivity contribution in [1.82, 2.24) is 14.8 Å². The average molecular weight is 356 g/mol. The average Bonchev–Trinajstić information content (AvgIpc) is 3.22. The molecule has 25 heavy (non-hydrogen) atoms. The fraction of sp³-hybridized carbons (Fsp3) is 0.278. The molecule has 6 nitrogen and oxygen atoms in total. The smallest absolute Gasteiger partial charge is 0.256 e. The van der Waals surface area contributed by atoms with Gasteiger partial charge in [0.1, 0.15) is 18.2 Å². The number of amides is 1. The molecule has 0 spiro atoms. The molecule has 130 valence electrons. The quantitative estimate of drug-likeness (QED) is 0.723. The van der Waals surface area contributed by atoms with Gasteiger partial charge in [-0.1, -0.05) is 6.07 Å². The molecule has 0 aliphatic carbocycles. The molecule has 1 aromatic carbocycles. The van der Waals surface area contributed by atoms with E-state index in [1.807, 2.05) is 32.2 Å². The number of aryl methyl sites for hydroxylation is 1. The van der Waals surface area contributed by atoms with Gasteiger partial charge in [0, 0.05) is 23.1 Å². The number of anilines is 1. The van der Waals surface area contributed by atoms with Gasteiger partial charge in [0.05, 0.1) is 16.9 Å². The Labute approximate surface area is 150 Å². The molecule has 0 fully saturated rings. The Morgan fingerprint density at radius 2 is 2.20 bits per heavy atom. The van der Waals surface area contributed by atoms with E-state index in [0.717, 1.165) is 10.7 Å². The number of hydrogen-bond acceptors (Lipinski definition) is 5. The van der Waals surface area contributed by atoms with Gasteiger partial charge in [-0.2, -0.15) is 5.10 Å². The molecule has 0 aliphatic heterocycles. The van der Waals surface area contributed by atoms with Gasteiger partial charge < -0.3 is 10.1 Å². The van der Waals surface area contributed by atoms with Gasteiger partial charge in [-0.25, -0.2) is 9.67 Å². The van der Waals surface area contributed by atoms with Crippen LogP contribution in [0.5, 0.6) is 5.75 Å². The predicted octanol–water partition coefficient (Wildman–Crippen LogP) is 4.06. The largest absolute Gasteiger partial charge is 0.487 e. The fourth-order valence-corrected chi connectivity index (χ4v) is 2.97. The van der Waals surface area contributed by atoms with Crippen LogP contribution in [0.1, 0.15) is 40.9 Å². The third kappa shape index (κ3) is 4.24. The zero-order valence-electron chi connectivity index (χ0n) is 14.4. The normalized spacial score (nSPS) is 10.9. The summed E-state index contributed by atoms with van der Waals surface area (Å²) in [6.07, 6.45) is 1.67. The molecule has 2 aromatic heterocycles. The summed E-state index contributed by atoms with van der Waals surface area (Å²) in [5.41, 5.74) is 1.42. The van der Waals surface area contributed by atoms with E-state index in [1.165, 1.54) is 0 Å². The van der Waals surface area contributed by atoms with Crippen molar-refractivity contribution in [3.05, 3.63) is 58.2 Å². The van der Waals surface area contributed by atoms with Crippen LogP contribution < -0.4 is 10.1 Å². The number of thiazole rings is 1. The molecule has 0 atom stereocenters. The maximum atomic E-state index is 12.5. The van der Waals surface area contributed by atoms with Crippen molar-refractivity contribution < 1.29 is 9.53 Å². The fourth-order valence-electron chi connectivity index (χ4n) is 2.37. The minimum atomic E-state index is -0.197. The lowest BCUT2D eigenvalue weighted by molar-refractivity contribution is 0.102. The van der Waals surface area contributed by atoms with Crippen molar-refractivity contribution in [2.75, 3.05) is 5.32 Å². The summed E-state index contributed by atoms with van der Waals surface area (Å²) in [6, 6.07) is 9.06. The molecular formula is C18H20N4O2S. The highest BCUT2D eigenvalue weighted by atomic mass is 32.1. The summed E-state index contributed by atoms with van der Waals surface area (Å²) >= 11 is 1.59. The summed E-state index contributed by atoms with van der Waals surface area (Å²) in [7, 11) is 0. The van der Waals surface area contributed by atoms with Crippen LogP contribution in [-0.2, 0) is 6.61 Å². The highest BCUT2D eigenvalue weighted by molar-refractivity contribution is 7.09. The maximum Gasteiger partial charge on any atom is 0.256 e. The van der Waals surface area contributed by atoms with Crippen LogP contribution in [0.4, 0.5) is 5.82 Å². The van der Waals surface area contributed by atoms with Crippen molar-refractivity contribution in [3.8, 4) is 5.75 Å². The van der Waals surface area contributed by atoms with Crippen LogP contribution in [0, 0.1) is 6.92 Å². The second-order valence-corrected chi connectivity index (χ2v) is 6.95. The van der Waals surface area contributed by atoms with Crippen LogP contribution in [0.3, 0.4) is 0 Å². The maximum absolute atomic E-state index is 12.5. The van der Waals surface area contributed by atoms with E-state index in [2.05, 4.69) is 15.4 Å². The van der Waals surface area contributed by atoms with Gasteiger partial charge >= 0.3 is 0 Å². The number of carbonyl (C=O) groups is 1. The summed E-state index contributed by atoms with van der Waals surface area (Å²) in [4.78, 5) is 16.9. The minimum absolute atomic E-state index is 0.168. The first-order valence-electron chi connectivity index (χ1n) is 8.01. The molecule has 0 saturated heterocycles. The number of benzene rings is 1. The Bertz CT molecular complexity index is 869. The number of rotatable bonds is 6. The molecule has 0 aliphatic rings. The molecule has 0 bridgehead atoms. The number of nitrogens with one attached hydrogen (secondary N) is 1. The number of carbonyl (C=O) groups excluding carboxylic acids is 1. The van der Waals surface area contributed by atoms with Crippen molar-refractivity contribution in [1.29, 1.82) is 0 Å². The lowest BCUT2D eigenvalue weighted by Crippen LogP contribution is -2.16. The monoisotopic (exact) mass is 356 g/mol. The Kier molecular flexibility index (Phi) is 5.14. The van der Waals surface area contributed by atoms with Crippen LogP contribution in [0.15, 0.2) is 41.9 Å². The van der Waals surface area contributed by atoms with Gasteiger partial charge in [-0.05, 0) is 39.0 Å². The van der Waals surface area contributed by atoms with E-state index in [-0.39, 0.29) is 11.9 Å². The number of aromatic nitrogens is 3. The standard InChI is InChI=1S/C18H20N4O2S/c1-12(2)22-17(7-8-19-22)21-18(23)14-5-4-6-16(9-14)24-10-15-11-25-13(3)20-15/h4-9,11-12H,10H2,1-3H3,(H,21,23). The van der Waals surface area contributed by atoms with Crippen molar-refractivity contribution in [2.24, 2.45) is 0 Å². The molecule has 0 saturated carbocycles. The van der Waals surface area contributed by atoms with Crippen molar-refractivity contribution in [3.63, 3.8) is 0 Å². The third-order valence-corrected chi connectivity index (χ3v) is 4.37. The molecule has 1 N–H and O–H groups in total. The minimum Gasteiger partial charge on any atom is -0.487 e. The molecule has 7 heteroatoms. The first-order chi connectivity index (χ1) is 12.0. The molecule has 0 unspecified atom stereocenters. The van der Waals surface area contributed by atoms with E-state index in [4.69, 9.17) is 4.74 Å². The van der Waals surface area contributed by atoms with Crippen LogP contribution in [-0.4, -0.2) is 20.7 Å². The first kappa shape index (κ1) is 17.2. The molecule has 3 rings (SSSR count). The van der Waals surface area contributed by atoms with E-state index in [0.29, 0.717) is 23.7 Å².